The molecule has 0 fully saturated rings. The highest BCUT2D eigenvalue weighted by atomic mass is 35.5. The number of rotatable bonds is 4. The SMILES string of the molecule is O=C(COc1cccc(Cl)c1)Nc1ccc(F)nc1. The molecule has 0 spiro atoms. The molecule has 19 heavy (non-hydrogen) atoms. The van der Waals surface area contributed by atoms with Crippen LogP contribution in [-0.2, 0) is 4.79 Å². The summed E-state index contributed by atoms with van der Waals surface area (Å²) in [5.41, 5.74) is 0.404. The Hall–Kier alpha value is -2.14. The molecule has 98 valence electrons. The van der Waals surface area contributed by atoms with E-state index in [1.54, 1.807) is 24.3 Å². The van der Waals surface area contributed by atoms with Gasteiger partial charge < -0.3 is 10.1 Å². The highest BCUT2D eigenvalue weighted by molar-refractivity contribution is 6.30. The third-order valence-corrected chi connectivity index (χ3v) is 2.41. The second-order valence-corrected chi connectivity index (χ2v) is 4.10. The van der Waals surface area contributed by atoms with Crippen molar-refractivity contribution in [3.05, 3.63) is 53.6 Å². The van der Waals surface area contributed by atoms with Crippen molar-refractivity contribution in [1.82, 2.24) is 4.98 Å². The van der Waals surface area contributed by atoms with Gasteiger partial charge in [0.25, 0.3) is 5.91 Å². The first-order valence-electron chi connectivity index (χ1n) is 5.43. The van der Waals surface area contributed by atoms with Crippen LogP contribution in [0.4, 0.5) is 10.1 Å². The standard InChI is InChI=1S/C13H10ClFN2O2/c14-9-2-1-3-11(6-9)19-8-13(18)17-10-4-5-12(15)16-7-10/h1-7H,8H2,(H,17,18). The van der Waals surface area contributed by atoms with Crippen molar-refractivity contribution in [3.8, 4) is 5.75 Å². The second kappa shape index (κ2) is 6.15. The Bertz CT molecular complexity index is 575. The van der Waals surface area contributed by atoms with E-state index < -0.39 is 5.95 Å². The highest BCUT2D eigenvalue weighted by Crippen LogP contribution is 2.17. The number of nitrogens with one attached hydrogen (secondary N) is 1. The maximum absolute atomic E-state index is 12.6. The molecule has 0 saturated carbocycles. The fraction of sp³-hybridized carbons (Fsp3) is 0.0769. The van der Waals surface area contributed by atoms with Crippen LogP contribution in [0.25, 0.3) is 0 Å². The Balaban J connectivity index is 1.86. The number of benzene rings is 1. The molecule has 1 amide bonds. The largest absolute Gasteiger partial charge is 0.484 e. The fourth-order valence-electron chi connectivity index (χ4n) is 1.35. The Morgan fingerprint density at radius 3 is 2.89 bits per heavy atom. The predicted molar refractivity (Wildman–Crippen MR) is 69.8 cm³/mol. The van der Waals surface area contributed by atoms with Crippen molar-refractivity contribution in [2.75, 3.05) is 11.9 Å². The average Bonchev–Trinajstić information content (AvgIpc) is 2.39. The summed E-state index contributed by atoms with van der Waals surface area (Å²) in [6.07, 6.45) is 1.23. The molecule has 0 aliphatic carbocycles. The molecule has 0 aliphatic rings. The molecule has 4 nitrogen and oxygen atoms in total. The number of carbonyl (C=O) groups excluding carboxylic acids is 1. The zero-order valence-corrected chi connectivity index (χ0v) is 10.5. The van der Waals surface area contributed by atoms with Crippen molar-refractivity contribution in [3.63, 3.8) is 0 Å². The lowest BCUT2D eigenvalue weighted by Crippen LogP contribution is -2.20. The topological polar surface area (TPSA) is 51.2 Å². The van der Waals surface area contributed by atoms with E-state index in [0.29, 0.717) is 16.5 Å². The zero-order valence-electron chi connectivity index (χ0n) is 9.77. The lowest BCUT2D eigenvalue weighted by molar-refractivity contribution is -0.118. The number of ether oxygens (including phenoxy) is 1. The lowest BCUT2D eigenvalue weighted by Gasteiger charge is -2.07. The van der Waals surface area contributed by atoms with Crippen LogP contribution in [0, 0.1) is 5.95 Å². The van der Waals surface area contributed by atoms with Gasteiger partial charge >= 0.3 is 0 Å². The molecule has 0 aliphatic heterocycles. The van der Waals surface area contributed by atoms with Crippen molar-refractivity contribution in [2.24, 2.45) is 0 Å². The van der Waals surface area contributed by atoms with E-state index in [1.807, 2.05) is 0 Å². The minimum absolute atomic E-state index is 0.169. The maximum Gasteiger partial charge on any atom is 0.262 e. The van der Waals surface area contributed by atoms with E-state index in [2.05, 4.69) is 10.3 Å². The van der Waals surface area contributed by atoms with Crippen LogP contribution in [-0.4, -0.2) is 17.5 Å². The summed E-state index contributed by atoms with van der Waals surface area (Å²) in [6, 6.07) is 9.30. The Morgan fingerprint density at radius 1 is 1.37 bits per heavy atom. The van der Waals surface area contributed by atoms with Gasteiger partial charge in [-0.05, 0) is 30.3 Å². The van der Waals surface area contributed by atoms with Crippen molar-refractivity contribution >= 4 is 23.2 Å². The molecule has 1 aromatic heterocycles. The number of carbonyl (C=O) groups is 1. The summed E-state index contributed by atoms with van der Waals surface area (Å²) in [7, 11) is 0. The van der Waals surface area contributed by atoms with E-state index >= 15 is 0 Å². The minimum atomic E-state index is -0.604. The van der Waals surface area contributed by atoms with Gasteiger partial charge in [-0.2, -0.15) is 4.39 Å². The molecule has 0 atom stereocenters. The average molecular weight is 281 g/mol. The van der Waals surface area contributed by atoms with Crippen LogP contribution in [0.5, 0.6) is 5.75 Å². The van der Waals surface area contributed by atoms with Gasteiger partial charge in [-0.25, -0.2) is 4.98 Å². The number of hydrogen-bond acceptors (Lipinski definition) is 3. The van der Waals surface area contributed by atoms with Crippen LogP contribution in [0.15, 0.2) is 42.6 Å². The quantitative estimate of drug-likeness (QED) is 0.876. The van der Waals surface area contributed by atoms with Gasteiger partial charge in [0.2, 0.25) is 5.95 Å². The van der Waals surface area contributed by atoms with E-state index in [4.69, 9.17) is 16.3 Å². The highest BCUT2D eigenvalue weighted by Gasteiger charge is 2.04. The maximum atomic E-state index is 12.6. The molecule has 1 N–H and O–H groups in total. The van der Waals surface area contributed by atoms with Crippen LogP contribution in [0.2, 0.25) is 5.02 Å². The molecule has 0 bridgehead atoms. The summed E-state index contributed by atoms with van der Waals surface area (Å²) in [4.78, 5) is 15.0. The van der Waals surface area contributed by atoms with Crippen molar-refractivity contribution < 1.29 is 13.9 Å². The third-order valence-electron chi connectivity index (χ3n) is 2.18. The fourth-order valence-corrected chi connectivity index (χ4v) is 1.53. The molecule has 2 rings (SSSR count). The van der Waals surface area contributed by atoms with Crippen LogP contribution in [0.3, 0.4) is 0 Å². The van der Waals surface area contributed by atoms with Crippen molar-refractivity contribution in [2.45, 2.75) is 0 Å². The smallest absolute Gasteiger partial charge is 0.262 e. The van der Waals surface area contributed by atoms with E-state index in [1.165, 1.54) is 12.3 Å². The van der Waals surface area contributed by atoms with Crippen LogP contribution >= 0.6 is 11.6 Å². The first kappa shape index (κ1) is 13.3. The van der Waals surface area contributed by atoms with Crippen LogP contribution < -0.4 is 10.1 Å². The summed E-state index contributed by atoms with van der Waals surface area (Å²) in [5, 5.41) is 3.06. The number of amides is 1. The monoisotopic (exact) mass is 280 g/mol. The second-order valence-electron chi connectivity index (χ2n) is 3.66. The van der Waals surface area contributed by atoms with E-state index in [0.717, 1.165) is 6.07 Å². The Labute approximate surface area is 114 Å². The summed E-state index contributed by atoms with van der Waals surface area (Å²) in [6.45, 7) is -0.169. The number of aromatic nitrogens is 1. The molecule has 6 heteroatoms. The van der Waals surface area contributed by atoms with E-state index in [9.17, 15) is 9.18 Å². The number of hydrogen-bond donors (Lipinski definition) is 1. The molecular formula is C13H10ClFN2O2. The number of anilines is 1. The van der Waals surface area contributed by atoms with Gasteiger partial charge in [0.1, 0.15) is 5.75 Å². The molecule has 1 heterocycles. The lowest BCUT2D eigenvalue weighted by atomic mass is 10.3. The van der Waals surface area contributed by atoms with E-state index in [-0.39, 0.29) is 12.5 Å². The van der Waals surface area contributed by atoms with Gasteiger partial charge in [0.05, 0.1) is 11.9 Å². The van der Waals surface area contributed by atoms with Gasteiger partial charge in [-0.1, -0.05) is 17.7 Å². The summed E-state index contributed by atoms with van der Waals surface area (Å²) >= 11 is 5.78. The molecule has 0 saturated heterocycles. The van der Waals surface area contributed by atoms with Gasteiger partial charge in [-0.15, -0.1) is 0 Å². The number of halogens is 2. The summed E-state index contributed by atoms with van der Waals surface area (Å²) in [5.74, 6) is -0.471. The molecule has 0 radical (unpaired) electrons. The van der Waals surface area contributed by atoms with Gasteiger partial charge in [0, 0.05) is 5.02 Å². The minimum Gasteiger partial charge on any atom is -0.484 e. The first-order chi connectivity index (χ1) is 9.13. The van der Waals surface area contributed by atoms with Crippen molar-refractivity contribution in [1.29, 1.82) is 0 Å². The first-order valence-corrected chi connectivity index (χ1v) is 5.81. The number of nitrogens with zero attached hydrogens (tertiary/aromatic N) is 1. The molecule has 0 unspecified atom stereocenters. The normalized spacial score (nSPS) is 10.0. The zero-order chi connectivity index (χ0) is 13.7. The summed E-state index contributed by atoms with van der Waals surface area (Å²) < 4.78 is 17.8. The Morgan fingerprint density at radius 2 is 2.21 bits per heavy atom. The van der Waals surface area contributed by atoms with Gasteiger partial charge in [0.15, 0.2) is 6.61 Å². The van der Waals surface area contributed by atoms with Crippen LogP contribution in [0.1, 0.15) is 0 Å². The number of pyridine rings is 1. The predicted octanol–water partition coefficient (Wildman–Crippen LogP) is 2.89. The Kier molecular flexibility index (Phi) is 4.30. The van der Waals surface area contributed by atoms with Gasteiger partial charge in [-0.3, -0.25) is 4.79 Å². The third kappa shape index (κ3) is 4.22. The molecular weight excluding hydrogens is 271 g/mol. The molecule has 1 aromatic carbocycles. The molecule has 2 aromatic rings.